The molecule has 1 amide bonds. The van der Waals surface area contributed by atoms with E-state index in [1.807, 2.05) is 4.90 Å². The molecule has 1 N–H and O–H groups in total. The molecule has 4 nitrogen and oxygen atoms in total. The highest BCUT2D eigenvalue weighted by atomic mass is 16.5. The van der Waals surface area contributed by atoms with Crippen molar-refractivity contribution in [1.29, 1.82) is 0 Å². The van der Waals surface area contributed by atoms with E-state index in [1.54, 1.807) is 0 Å². The summed E-state index contributed by atoms with van der Waals surface area (Å²) in [7, 11) is 0. The zero-order chi connectivity index (χ0) is 13.4. The summed E-state index contributed by atoms with van der Waals surface area (Å²) in [4.78, 5) is 13.9. The Bertz CT molecular complexity index is 235. The normalized spacial score (nSPS) is 17.4. The van der Waals surface area contributed by atoms with Crippen molar-refractivity contribution in [3.05, 3.63) is 0 Å². The maximum absolute atomic E-state index is 11.9. The molecule has 1 fully saturated rings. The van der Waals surface area contributed by atoms with Crippen molar-refractivity contribution in [3.8, 4) is 0 Å². The van der Waals surface area contributed by atoms with E-state index in [0.717, 1.165) is 32.4 Å². The average molecular weight is 257 g/mol. The minimum Gasteiger partial charge on any atom is -0.396 e. The topological polar surface area (TPSA) is 49.8 Å². The molecule has 0 spiro atoms. The molecule has 1 rings (SSSR count). The van der Waals surface area contributed by atoms with Crippen molar-refractivity contribution in [2.75, 3.05) is 26.3 Å². The van der Waals surface area contributed by atoms with Crippen LogP contribution in [-0.4, -0.2) is 48.3 Å². The second-order valence-corrected chi connectivity index (χ2v) is 5.46. The van der Waals surface area contributed by atoms with Crippen LogP contribution in [-0.2, 0) is 9.53 Å². The van der Waals surface area contributed by atoms with Crippen LogP contribution in [0.15, 0.2) is 0 Å². The number of carbonyl (C=O) groups is 1. The third-order valence-electron chi connectivity index (χ3n) is 3.39. The molecule has 0 unspecified atom stereocenters. The van der Waals surface area contributed by atoms with E-state index in [0.29, 0.717) is 25.4 Å². The summed E-state index contributed by atoms with van der Waals surface area (Å²) in [6.45, 7) is 6.75. The number of hydrogen-bond donors (Lipinski definition) is 1. The molecule has 0 bridgehead atoms. The Balaban J connectivity index is 2.16. The summed E-state index contributed by atoms with van der Waals surface area (Å²) in [5.41, 5.74) is 0. The van der Waals surface area contributed by atoms with Gasteiger partial charge in [-0.2, -0.15) is 0 Å². The predicted molar refractivity (Wildman–Crippen MR) is 71.3 cm³/mol. The van der Waals surface area contributed by atoms with Crippen LogP contribution in [0.2, 0.25) is 0 Å². The molecular formula is C14H27NO3. The first kappa shape index (κ1) is 15.4. The lowest BCUT2D eigenvalue weighted by Crippen LogP contribution is -2.41. The van der Waals surface area contributed by atoms with Crippen molar-refractivity contribution < 1.29 is 14.6 Å². The van der Waals surface area contributed by atoms with E-state index in [-0.39, 0.29) is 18.6 Å². The van der Waals surface area contributed by atoms with Crippen LogP contribution in [0.5, 0.6) is 0 Å². The van der Waals surface area contributed by atoms with Gasteiger partial charge in [0, 0.05) is 32.7 Å². The molecule has 1 heterocycles. The van der Waals surface area contributed by atoms with E-state index in [2.05, 4.69) is 13.8 Å². The molecule has 0 aromatic heterocycles. The van der Waals surface area contributed by atoms with Gasteiger partial charge >= 0.3 is 0 Å². The van der Waals surface area contributed by atoms with Crippen LogP contribution in [0.25, 0.3) is 0 Å². The SMILES string of the molecule is CC(C)CCC(=O)N1CCC(OCCCO)CC1. The maximum atomic E-state index is 11.9. The molecule has 0 saturated carbocycles. The molecule has 0 aromatic rings. The number of likely N-dealkylation sites (tertiary alicyclic amines) is 1. The quantitative estimate of drug-likeness (QED) is 0.708. The minimum absolute atomic E-state index is 0.187. The number of ether oxygens (including phenoxy) is 1. The summed E-state index contributed by atoms with van der Waals surface area (Å²) in [6.07, 6.45) is 4.48. The fourth-order valence-corrected chi connectivity index (χ4v) is 2.16. The van der Waals surface area contributed by atoms with Crippen molar-refractivity contribution >= 4 is 5.91 Å². The lowest BCUT2D eigenvalue weighted by molar-refractivity contribution is -0.134. The van der Waals surface area contributed by atoms with Crippen LogP contribution >= 0.6 is 0 Å². The van der Waals surface area contributed by atoms with E-state index in [4.69, 9.17) is 9.84 Å². The highest BCUT2D eigenvalue weighted by molar-refractivity contribution is 5.76. The highest BCUT2D eigenvalue weighted by Gasteiger charge is 2.22. The lowest BCUT2D eigenvalue weighted by Gasteiger charge is -2.32. The van der Waals surface area contributed by atoms with Gasteiger partial charge in [-0.3, -0.25) is 4.79 Å². The number of amides is 1. The average Bonchev–Trinajstić information content (AvgIpc) is 2.37. The first-order chi connectivity index (χ1) is 8.63. The van der Waals surface area contributed by atoms with Gasteiger partial charge in [-0.1, -0.05) is 13.8 Å². The van der Waals surface area contributed by atoms with Gasteiger partial charge in [0.2, 0.25) is 5.91 Å². The molecule has 0 radical (unpaired) electrons. The van der Waals surface area contributed by atoms with Crippen LogP contribution in [0.1, 0.15) is 46.0 Å². The summed E-state index contributed by atoms with van der Waals surface area (Å²) < 4.78 is 5.65. The van der Waals surface area contributed by atoms with Crippen LogP contribution in [0, 0.1) is 5.92 Å². The van der Waals surface area contributed by atoms with Crippen molar-refractivity contribution in [3.63, 3.8) is 0 Å². The largest absolute Gasteiger partial charge is 0.396 e. The van der Waals surface area contributed by atoms with Gasteiger partial charge in [-0.15, -0.1) is 0 Å². The second-order valence-electron chi connectivity index (χ2n) is 5.46. The zero-order valence-electron chi connectivity index (χ0n) is 11.7. The van der Waals surface area contributed by atoms with Crippen molar-refractivity contribution in [1.82, 2.24) is 4.90 Å². The summed E-state index contributed by atoms with van der Waals surface area (Å²) in [6, 6.07) is 0. The number of piperidine rings is 1. The number of nitrogens with zero attached hydrogens (tertiary/aromatic N) is 1. The lowest BCUT2D eigenvalue weighted by atomic mass is 10.0. The fraction of sp³-hybridized carbons (Fsp3) is 0.929. The molecular weight excluding hydrogens is 230 g/mol. The Morgan fingerprint density at radius 3 is 2.61 bits per heavy atom. The Hall–Kier alpha value is -0.610. The first-order valence-corrected chi connectivity index (χ1v) is 7.13. The minimum atomic E-state index is 0.187. The van der Waals surface area contributed by atoms with Gasteiger partial charge in [0.25, 0.3) is 0 Å². The number of aliphatic hydroxyl groups excluding tert-OH is 1. The van der Waals surface area contributed by atoms with Crippen molar-refractivity contribution in [2.24, 2.45) is 5.92 Å². The van der Waals surface area contributed by atoms with Gasteiger partial charge < -0.3 is 14.7 Å². The highest BCUT2D eigenvalue weighted by Crippen LogP contribution is 2.16. The molecule has 0 aromatic carbocycles. The molecule has 0 atom stereocenters. The molecule has 1 aliphatic heterocycles. The Morgan fingerprint density at radius 2 is 2.06 bits per heavy atom. The van der Waals surface area contributed by atoms with Gasteiger partial charge in [0.05, 0.1) is 6.10 Å². The third-order valence-corrected chi connectivity index (χ3v) is 3.39. The molecule has 4 heteroatoms. The second kappa shape index (κ2) is 8.48. The van der Waals surface area contributed by atoms with Gasteiger partial charge in [0.1, 0.15) is 0 Å². The van der Waals surface area contributed by atoms with Gasteiger partial charge in [0.15, 0.2) is 0 Å². The molecule has 106 valence electrons. The fourth-order valence-electron chi connectivity index (χ4n) is 2.16. The Labute approximate surface area is 110 Å². The van der Waals surface area contributed by atoms with Crippen LogP contribution in [0.3, 0.4) is 0 Å². The van der Waals surface area contributed by atoms with Gasteiger partial charge in [-0.25, -0.2) is 0 Å². The predicted octanol–water partition coefficient (Wildman–Crippen LogP) is 1.81. The third kappa shape index (κ3) is 5.83. The standard InChI is InChI=1S/C14H27NO3/c1-12(2)4-5-14(17)15-8-6-13(7-9-15)18-11-3-10-16/h12-13,16H,3-11H2,1-2H3. The molecule has 1 saturated heterocycles. The van der Waals surface area contributed by atoms with Crippen LogP contribution in [0.4, 0.5) is 0 Å². The maximum Gasteiger partial charge on any atom is 0.222 e. The number of aliphatic hydroxyl groups is 1. The Kier molecular flexibility index (Phi) is 7.28. The molecule has 1 aliphatic rings. The monoisotopic (exact) mass is 257 g/mol. The van der Waals surface area contributed by atoms with E-state index >= 15 is 0 Å². The van der Waals surface area contributed by atoms with E-state index in [1.165, 1.54) is 0 Å². The van der Waals surface area contributed by atoms with Crippen molar-refractivity contribution in [2.45, 2.75) is 52.1 Å². The van der Waals surface area contributed by atoms with Gasteiger partial charge in [-0.05, 0) is 31.6 Å². The smallest absolute Gasteiger partial charge is 0.222 e. The summed E-state index contributed by atoms with van der Waals surface area (Å²) in [5, 5.41) is 8.68. The molecule has 18 heavy (non-hydrogen) atoms. The zero-order valence-corrected chi connectivity index (χ0v) is 11.7. The number of carbonyl (C=O) groups excluding carboxylic acids is 1. The molecule has 0 aliphatic carbocycles. The van der Waals surface area contributed by atoms with Crippen LogP contribution < -0.4 is 0 Å². The summed E-state index contributed by atoms with van der Waals surface area (Å²) >= 11 is 0. The number of hydrogen-bond acceptors (Lipinski definition) is 3. The van der Waals surface area contributed by atoms with E-state index < -0.39 is 0 Å². The Morgan fingerprint density at radius 1 is 1.39 bits per heavy atom. The first-order valence-electron chi connectivity index (χ1n) is 7.13. The summed E-state index contributed by atoms with van der Waals surface area (Å²) in [5.74, 6) is 0.880. The van der Waals surface area contributed by atoms with E-state index in [9.17, 15) is 4.79 Å². The number of rotatable bonds is 7.